The molecule has 0 spiro atoms. The molecule has 0 aliphatic heterocycles. The van der Waals surface area contributed by atoms with Gasteiger partial charge in [-0.3, -0.25) is 4.99 Å². The molecule has 0 aliphatic carbocycles. The van der Waals surface area contributed by atoms with Gasteiger partial charge in [0.2, 0.25) is 0 Å². The first-order chi connectivity index (χ1) is 6.31. The summed E-state index contributed by atoms with van der Waals surface area (Å²) in [4.78, 5) is 3.94. The second-order valence-corrected chi connectivity index (χ2v) is 2.36. The van der Waals surface area contributed by atoms with Gasteiger partial charge in [-0.25, -0.2) is 0 Å². The highest BCUT2D eigenvalue weighted by molar-refractivity contribution is 5.77. The van der Waals surface area contributed by atoms with Gasteiger partial charge in [0.1, 0.15) is 0 Å². The largest absolute Gasteiger partial charge is 0.403 e. The Morgan fingerprint density at radius 2 is 2.00 bits per heavy atom. The molecule has 0 radical (unpaired) electrons. The quantitative estimate of drug-likeness (QED) is 0.666. The molecular weight excluding hydrogens is 160 g/mol. The van der Waals surface area contributed by atoms with Crippen LogP contribution in [-0.4, -0.2) is 6.21 Å². The minimum absolute atomic E-state index is 1.12. The lowest BCUT2D eigenvalue weighted by Crippen LogP contribution is -1.78. The number of allylic oxidation sites excluding steroid dienone is 2. The van der Waals surface area contributed by atoms with Crippen LogP contribution in [0.15, 0.2) is 29.0 Å². The highest BCUT2D eigenvalue weighted by atomic mass is 14.7. The second-order valence-electron chi connectivity index (χ2n) is 2.36. The van der Waals surface area contributed by atoms with Crippen LogP contribution in [0, 0.1) is 0 Å². The van der Waals surface area contributed by atoms with Gasteiger partial charge < -0.3 is 5.73 Å². The highest BCUT2D eigenvalue weighted by Gasteiger charge is 1.79. The van der Waals surface area contributed by atoms with Gasteiger partial charge in [-0.2, -0.15) is 0 Å². The molecule has 0 saturated carbocycles. The summed E-state index contributed by atoms with van der Waals surface area (Å²) >= 11 is 0. The van der Waals surface area contributed by atoms with Gasteiger partial charge in [-0.1, -0.05) is 33.3 Å². The van der Waals surface area contributed by atoms with Crippen molar-refractivity contribution < 1.29 is 0 Å². The first kappa shape index (κ1) is 14.5. The Morgan fingerprint density at radius 3 is 2.46 bits per heavy atom. The van der Waals surface area contributed by atoms with Gasteiger partial charge in [-0.15, -0.1) is 0 Å². The van der Waals surface area contributed by atoms with E-state index in [2.05, 4.69) is 18.0 Å². The smallest absolute Gasteiger partial charge is 0.0422 e. The van der Waals surface area contributed by atoms with E-state index in [-0.39, 0.29) is 0 Å². The molecule has 13 heavy (non-hydrogen) atoms. The third-order valence-electron chi connectivity index (χ3n) is 1.21. The fourth-order valence-electron chi connectivity index (χ4n) is 0.635. The molecule has 0 amide bonds. The van der Waals surface area contributed by atoms with Crippen molar-refractivity contribution in [1.29, 1.82) is 0 Å². The van der Waals surface area contributed by atoms with Crippen LogP contribution in [0.1, 0.15) is 40.5 Å². The SMILES string of the molecule is CC.CCC/C=C(C)/C=N/C=C\N. The summed E-state index contributed by atoms with van der Waals surface area (Å²) in [6, 6.07) is 0. The highest BCUT2D eigenvalue weighted by Crippen LogP contribution is 1.94. The van der Waals surface area contributed by atoms with Crippen LogP contribution in [-0.2, 0) is 0 Å². The molecule has 2 N–H and O–H groups in total. The number of nitrogens with two attached hydrogens (primary N) is 1. The lowest BCUT2D eigenvalue weighted by molar-refractivity contribution is 0.954. The minimum atomic E-state index is 1.12. The van der Waals surface area contributed by atoms with Gasteiger partial charge in [0.15, 0.2) is 0 Å². The normalized spacial score (nSPS) is 11.8. The summed E-state index contributed by atoms with van der Waals surface area (Å²) in [6.45, 7) is 8.18. The molecule has 0 saturated heterocycles. The zero-order chi connectivity index (χ0) is 10.5. The molecule has 0 aromatic carbocycles. The van der Waals surface area contributed by atoms with Crippen LogP contribution in [0.2, 0.25) is 0 Å². The Kier molecular flexibility index (Phi) is 15.1. The van der Waals surface area contributed by atoms with E-state index in [0.717, 1.165) is 6.42 Å². The summed E-state index contributed by atoms with van der Waals surface area (Å²) in [5.41, 5.74) is 6.29. The molecule has 2 nitrogen and oxygen atoms in total. The monoisotopic (exact) mass is 182 g/mol. The van der Waals surface area contributed by atoms with E-state index in [0.29, 0.717) is 0 Å². The number of unbranched alkanes of at least 4 members (excludes halogenated alkanes) is 1. The molecule has 0 aliphatic rings. The van der Waals surface area contributed by atoms with Crippen LogP contribution < -0.4 is 5.73 Å². The molecule has 2 heteroatoms. The van der Waals surface area contributed by atoms with Crippen LogP contribution in [0.25, 0.3) is 0 Å². The van der Waals surface area contributed by atoms with Crippen molar-refractivity contribution in [1.82, 2.24) is 0 Å². The summed E-state index contributed by atoms with van der Waals surface area (Å²) in [5, 5.41) is 0. The first-order valence-electron chi connectivity index (χ1n) is 4.88. The molecule has 0 unspecified atom stereocenters. The minimum Gasteiger partial charge on any atom is -0.403 e. The van der Waals surface area contributed by atoms with Gasteiger partial charge in [-0.05, 0) is 18.9 Å². The molecule has 0 aromatic heterocycles. The van der Waals surface area contributed by atoms with Crippen LogP contribution >= 0.6 is 0 Å². The molecule has 0 bridgehead atoms. The van der Waals surface area contributed by atoms with Crippen molar-refractivity contribution in [2.24, 2.45) is 10.7 Å². The zero-order valence-corrected chi connectivity index (χ0v) is 9.25. The predicted octanol–water partition coefficient (Wildman–Crippen LogP) is 3.26. The van der Waals surface area contributed by atoms with E-state index in [1.165, 1.54) is 18.2 Å². The van der Waals surface area contributed by atoms with Gasteiger partial charge in [0.05, 0.1) is 0 Å². The van der Waals surface area contributed by atoms with Crippen molar-refractivity contribution in [2.75, 3.05) is 0 Å². The topological polar surface area (TPSA) is 38.4 Å². The van der Waals surface area contributed by atoms with E-state index >= 15 is 0 Å². The first-order valence-corrected chi connectivity index (χ1v) is 4.88. The summed E-state index contributed by atoms with van der Waals surface area (Å²) in [6.07, 6.45) is 9.25. The van der Waals surface area contributed by atoms with Crippen molar-refractivity contribution in [3.8, 4) is 0 Å². The van der Waals surface area contributed by atoms with Crippen molar-refractivity contribution in [3.63, 3.8) is 0 Å². The van der Waals surface area contributed by atoms with Crippen LogP contribution in [0.5, 0.6) is 0 Å². The molecule has 0 fully saturated rings. The number of hydrogen-bond acceptors (Lipinski definition) is 2. The second kappa shape index (κ2) is 13.5. The summed E-state index contributed by atoms with van der Waals surface area (Å²) in [5.74, 6) is 0. The van der Waals surface area contributed by atoms with Crippen molar-refractivity contribution >= 4 is 6.21 Å². The fraction of sp³-hybridized carbons (Fsp3) is 0.545. The van der Waals surface area contributed by atoms with E-state index in [1.54, 1.807) is 12.4 Å². The average molecular weight is 182 g/mol. The zero-order valence-electron chi connectivity index (χ0n) is 9.25. The van der Waals surface area contributed by atoms with Crippen molar-refractivity contribution in [2.45, 2.75) is 40.5 Å². The Balaban J connectivity index is 0. The standard InChI is InChI=1S/C9H16N2.C2H6/c1-3-4-5-9(2)8-11-7-6-10;1-2/h5-8H,3-4,10H2,1-2H3;1-2H3/b7-6-,9-5+,11-8+;. The third-order valence-corrected chi connectivity index (χ3v) is 1.21. The number of rotatable bonds is 4. The Labute approximate surface area is 82.3 Å². The average Bonchev–Trinajstić information content (AvgIpc) is 2.18. The number of aliphatic imine (C=N–C) groups is 1. The van der Waals surface area contributed by atoms with Gasteiger partial charge in [0.25, 0.3) is 0 Å². The summed E-state index contributed by atoms with van der Waals surface area (Å²) in [7, 11) is 0. The van der Waals surface area contributed by atoms with Gasteiger partial charge in [0, 0.05) is 18.6 Å². The van der Waals surface area contributed by atoms with E-state index in [4.69, 9.17) is 5.73 Å². The molecule has 0 heterocycles. The van der Waals surface area contributed by atoms with Crippen LogP contribution in [0.3, 0.4) is 0 Å². The Hall–Kier alpha value is -1.05. The van der Waals surface area contributed by atoms with Crippen molar-refractivity contribution in [3.05, 3.63) is 24.0 Å². The molecular formula is C11H22N2. The van der Waals surface area contributed by atoms with Gasteiger partial charge >= 0.3 is 0 Å². The maximum Gasteiger partial charge on any atom is 0.0422 e. The van der Waals surface area contributed by atoms with Crippen LogP contribution in [0.4, 0.5) is 0 Å². The lowest BCUT2D eigenvalue weighted by Gasteiger charge is -1.88. The predicted molar refractivity (Wildman–Crippen MR) is 61.8 cm³/mol. The molecule has 0 atom stereocenters. The number of nitrogens with zero attached hydrogens (tertiary/aromatic N) is 1. The maximum atomic E-state index is 5.10. The van der Waals surface area contributed by atoms with E-state index in [9.17, 15) is 0 Å². The van der Waals surface area contributed by atoms with E-state index < -0.39 is 0 Å². The fourth-order valence-corrected chi connectivity index (χ4v) is 0.635. The molecule has 0 rings (SSSR count). The number of hydrogen-bond donors (Lipinski definition) is 1. The molecule has 0 aromatic rings. The van der Waals surface area contributed by atoms with E-state index in [1.807, 2.05) is 20.8 Å². The maximum absolute atomic E-state index is 5.10. The Bertz CT molecular complexity index is 167. The summed E-state index contributed by atoms with van der Waals surface area (Å²) < 4.78 is 0. The third kappa shape index (κ3) is 13.9. The molecule has 76 valence electrons. The lowest BCUT2D eigenvalue weighted by atomic mass is 10.2. The Morgan fingerprint density at radius 1 is 1.38 bits per heavy atom.